The van der Waals surface area contributed by atoms with Crippen molar-refractivity contribution in [3.8, 4) is 5.75 Å². The molecule has 3 rings (SSSR count). The minimum atomic E-state index is -0.424. The molecule has 9 nitrogen and oxygen atoms in total. The smallest absolute Gasteiger partial charge is 0.323 e. The van der Waals surface area contributed by atoms with Crippen LogP contribution < -0.4 is 15.4 Å². The number of methoxy groups -OCH3 is 1. The molecule has 1 aliphatic rings. The lowest BCUT2D eigenvalue weighted by Crippen LogP contribution is -2.48. The number of amides is 4. The van der Waals surface area contributed by atoms with Crippen molar-refractivity contribution in [1.29, 1.82) is 0 Å². The van der Waals surface area contributed by atoms with Gasteiger partial charge in [0.05, 0.1) is 17.7 Å². The van der Waals surface area contributed by atoms with Crippen molar-refractivity contribution >= 4 is 29.2 Å². The second kappa shape index (κ2) is 12.4. The molecule has 2 aromatic rings. The van der Waals surface area contributed by atoms with Gasteiger partial charge in [-0.05, 0) is 37.3 Å². The van der Waals surface area contributed by atoms with Crippen LogP contribution in [0.4, 0.5) is 16.2 Å². The Morgan fingerprint density at radius 3 is 2.42 bits per heavy atom. The van der Waals surface area contributed by atoms with Crippen molar-refractivity contribution in [2.75, 3.05) is 44.5 Å². The lowest BCUT2D eigenvalue weighted by atomic mass is 10.0. The third kappa shape index (κ3) is 6.75. The fourth-order valence-corrected chi connectivity index (χ4v) is 4.22. The molecule has 2 N–H and O–H groups in total. The summed E-state index contributed by atoms with van der Waals surface area (Å²) < 4.78 is 11.8. The van der Waals surface area contributed by atoms with Gasteiger partial charge in [-0.15, -0.1) is 0 Å². The quantitative estimate of drug-likeness (QED) is 0.665. The minimum absolute atomic E-state index is 0.00298. The average Bonchev–Trinajstić information content (AvgIpc) is 2.88. The summed E-state index contributed by atoms with van der Waals surface area (Å²) >= 11 is 0. The first-order valence-corrected chi connectivity index (χ1v) is 12.2. The number of benzene rings is 2. The number of likely N-dealkylation sites (N-methyl/N-ethyl adjacent to an activating group) is 1. The molecule has 0 radical (unpaired) electrons. The van der Waals surface area contributed by atoms with Gasteiger partial charge < -0.3 is 29.9 Å². The zero-order valence-electron chi connectivity index (χ0n) is 21.6. The maximum atomic E-state index is 13.4. The number of rotatable bonds is 4. The second-order valence-corrected chi connectivity index (χ2v) is 9.15. The number of anilines is 2. The molecule has 194 valence electrons. The van der Waals surface area contributed by atoms with Crippen molar-refractivity contribution in [3.05, 3.63) is 54.1 Å². The highest BCUT2D eigenvalue weighted by Crippen LogP contribution is 2.26. The van der Waals surface area contributed by atoms with Crippen LogP contribution in [0, 0.1) is 5.92 Å². The zero-order chi connectivity index (χ0) is 26.2. The van der Waals surface area contributed by atoms with E-state index in [9.17, 15) is 14.4 Å². The molecule has 0 saturated heterocycles. The maximum Gasteiger partial charge on any atom is 0.323 e. The van der Waals surface area contributed by atoms with E-state index in [0.717, 1.165) is 0 Å². The van der Waals surface area contributed by atoms with Gasteiger partial charge in [0, 0.05) is 51.0 Å². The van der Waals surface area contributed by atoms with Gasteiger partial charge in [-0.25, -0.2) is 4.79 Å². The summed E-state index contributed by atoms with van der Waals surface area (Å²) in [6, 6.07) is 13.4. The van der Waals surface area contributed by atoms with Crippen LogP contribution in [0.5, 0.6) is 5.75 Å². The Kier molecular flexibility index (Phi) is 9.30. The molecule has 0 aliphatic carbocycles. The molecule has 1 heterocycles. The molecular weight excluding hydrogens is 460 g/mol. The number of nitrogens with zero attached hydrogens (tertiary/aromatic N) is 2. The molecular formula is C27H36N4O5. The zero-order valence-corrected chi connectivity index (χ0v) is 21.6. The largest absolute Gasteiger partial charge is 0.491 e. The van der Waals surface area contributed by atoms with E-state index in [1.165, 1.54) is 0 Å². The van der Waals surface area contributed by atoms with Crippen LogP contribution in [0.15, 0.2) is 48.5 Å². The van der Waals surface area contributed by atoms with Crippen molar-refractivity contribution in [3.63, 3.8) is 0 Å². The lowest BCUT2D eigenvalue weighted by molar-refractivity contribution is -0.135. The van der Waals surface area contributed by atoms with E-state index in [1.54, 1.807) is 49.4 Å². The van der Waals surface area contributed by atoms with Crippen LogP contribution >= 0.6 is 0 Å². The molecule has 0 unspecified atom stereocenters. The number of para-hydroxylation sites is 1. The first-order chi connectivity index (χ1) is 17.2. The van der Waals surface area contributed by atoms with Crippen molar-refractivity contribution in [2.45, 2.75) is 39.3 Å². The number of hydrogen-bond donors (Lipinski definition) is 2. The Balaban J connectivity index is 1.89. The molecule has 0 aromatic heterocycles. The molecule has 9 heteroatoms. The molecule has 2 aromatic carbocycles. The topological polar surface area (TPSA) is 100 Å². The van der Waals surface area contributed by atoms with E-state index < -0.39 is 6.03 Å². The highest BCUT2D eigenvalue weighted by molar-refractivity contribution is 6.02. The normalized spacial score (nSPS) is 20.9. The van der Waals surface area contributed by atoms with Gasteiger partial charge in [0.1, 0.15) is 12.4 Å². The Labute approximate surface area is 212 Å². The van der Waals surface area contributed by atoms with Gasteiger partial charge in [0.2, 0.25) is 5.91 Å². The van der Waals surface area contributed by atoms with Crippen LogP contribution in [-0.4, -0.2) is 73.6 Å². The first kappa shape index (κ1) is 27.0. The molecule has 36 heavy (non-hydrogen) atoms. The summed E-state index contributed by atoms with van der Waals surface area (Å²) in [4.78, 5) is 42.0. The number of nitrogens with one attached hydrogen (secondary N) is 2. The number of carbonyl (C=O) groups is 3. The van der Waals surface area contributed by atoms with E-state index in [-0.39, 0.29) is 36.5 Å². The molecule has 4 amide bonds. The van der Waals surface area contributed by atoms with E-state index in [4.69, 9.17) is 9.47 Å². The van der Waals surface area contributed by atoms with Crippen molar-refractivity contribution in [2.24, 2.45) is 5.92 Å². The summed E-state index contributed by atoms with van der Waals surface area (Å²) in [5.74, 6) is 0.176. The summed E-state index contributed by atoms with van der Waals surface area (Å²) in [7, 11) is 3.32. The minimum Gasteiger partial charge on any atom is -0.491 e. The predicted octanol–water partition coefficient (Wildman–Crippen LogP) is 4.07. The standard InChI is InChI=1S/C27H36N4O5/c1-6-25(32)31-15-18(2)24(35-5)16-30(4)26(33)22-14-21(12-13-23(22)36-17-19(31)3)29-27(34)28-20-10-8-7-9-11-20/h7-14,18-19,24H,6,15-17H2,1-5H3,(H2,28,29,34)/t18-,19+,24-/m1/s1. The molecule has 1 aliphatic heterocycles. The van der Waals surface area contributed by atoms with Gasteiger partial charge in [-0.2, -0.15) is 0 Å². The van der Waals surface area contributed by atoms with E-state index in [0.29, 0.717) is 42.2 Å². The third-order valence-corrected chi connectivity index (χ3v) is 6.36. The summed E-state index contributed by atoms with van der Waals surface area (Å²) in [5.41, 5.74) is 1.42. The summed E-state index contributed by atoms with van der Waals surface area (Å²) in [5, 5.41) is 5.53. The van der Waals surface area contributed by atoms with Crippen LogP contribution in [0.3, 0.4) is 0 Å². The van der Waals surface area contributed by atoms with Crippen LogP contribution in [0.1, 0.15) is 37.6 Å². The lowest BCUT2D eigenvalue weighted by Gasteiger charge is -2.36. The Morgan fingerprint density at radius 2 is 1.75 bits per heavy atom. The van der Waals surface area contributed by atoms with Gasteiger partial charge in [0.25, 0.3) is 5.91 Å². The number of ether oxygens (including phenoxy) is 2. The first-order valence-electron chi connectivity index (χ1n) is 12.2. The average molecular weight is 497 g/mol. The highest BCUT2D eigenvalue weighted by atomic mass is 16.5. The van der Waals surface area contributed by atoms with Gasteiger partial charge in [-0.3, -0.25) is 9.59 Å². The number of carbonyl (C=O) groups excluding carboxylic acids is 3. The fraction of sp³-hybridized carbons (Fsp3) is 0.444. The Hall–Kier alpha value is -3.59. The number of urea groups is 1. The predicted molar refractivity (Wildman–Crippen MR) is 139 cm³/mol. The second-order valence-electron chi connectivity index (χ2n) is 9.15. The van der Waals surface area contributed by atoms with Crippen molar-refractivity contribution in [1.82, 2.24) is 9.80 Å². The van der Waals surface area contributed by atoms with E-state index in [1.807, 2.05) is 43.9 Å². The van der Waals surface area contributed by atoms with Gasteiger partial charge in [0.15, 0.2) is 0 Å². The van der Waals surface area contributed by atoms with Gasteiger partial charge >= 0.3 is 6.03 Å². The monoisotopic (exact) mass is 496 g/mol. The van der Waals surface area contributed by atoms with E-state index in [2.05, 4.69) is 10.6 Å². The molecule has 0 fully saturated rings. The van der Waals surface area contributed by atoms with Crippen molar-refractivity contribution < 1.29 is 23.9 Å². The van der Waals surface area contributed by atoms with Crippen LogP contribution in [-0.2, 0) is 9.53 Å². The van der Waals surface area contributed by atoms with Crippen LogP contribution in [0.25, 0.3) is 0 Å². The Bertz CT molecular complexity index is 1060. The molecule has 3 atom stereocenters. The molecule has 0 spiro atoms. The van der Waals surface area contributed by atoms with Gasteiger partial charge in [-0.1, -0.05) is 32.0 Å². The van der Waals surface area contributed by atoms with E-state index >= 15 is 0 Å². The summed E-state index contributed by atoms with van der Waals surface area (Å²) in [6.07, 6.45) is 0.129. The third-order valence-electron chi connectivity index (χ3n) is 6.36. The Morgan fingerprint density at radius 1 is 1.06 bits per heavy atom. The SMILES string of the molecule is CCC(=O)N1C[C@@H](C)[C@H](OC)CN(C)C(=O)c2cc(NC(=O)Nc3ccccc3)ccc2OC[C@@H]1C. The highest BCUT2D eigenvalue weighted by Gasteiger charge is 2.30. The summed E-state index contributed by atoms with van der Waals surface area (Å²) in [6.45, 7) is 6.86. The molecule has 0 saturated carbocycles. The number of fused-ring (bicyclic) bond motifs is 1. The number of hydrogen-bond acceptors (Lipinski definition) is 5. The fourth-order valence-electron chi connectivity index (χ4n) is 4.22. The molecule has 0 bridgehead atoms. The maximum absolute atomic E-state index is 13.4. The van der Waals surface area contributed by atoms with Crippen LogP contribution in [0.2, 0.25) is 0 Å².